The number of guanidine groups is 1. The van der Waals surface area contributed by atoms with Gasteiger partial charge in [0.1, 0.15) is 6.54 Å². The maximum atomic E-state index is 5.88. The molecule has 6 nitrogen and oxygen atoms in total. The lowest BCUT2D eigenvalue weighted by Crippen LogP contribution is -2.22. The molecule has 1 fully saturated rings. The standard InChI is InChI=1S/C15H19N5O.HI/c1-2-10-4-3-5-12(8-10)18-15(16)17-9-13-19-14(21-20-13)11-6-7-11;/h3-5,8,11H,2,6-7,9H2,1H3,(H3,16,17,18);1H. The second kappa shape index (κ2) is 7.57. The molecule has 0 bridgehead atoms. The van der Waals surface area contributed by atoms with Gasteiger partial charge in [0.25, 0.3) is 0 Å². The summed E-state index contributed by atoms with van der Waals surface area (Å²) in [7, 11) is 0. The van der Waals surface area contributed by atoms with E-state index >= 15 is 0 Å². The van der Waals surface area contributed by atoms with Gasteiger partial charge in [0, 0.05) is 11.6 Å². The first kappa shape index (κ1) is 16.7. The molecule has 22 heavy (non-hydrogen) atoms. The van der Waals surface area contributed by atoms with Gasteiger partial charge in [0.2, 0.25) is 5.89 Å². The quantitative estimate of drug-likeness (QED) is 0.447. The van der Waals surface area contributed by atoms with Gasteiger partial charge in [-0.05, 0) is 37.0 Å². The zero-order valence-electron chi connectivity index (χ0n) is 12.5. The largest absolute Gasteiger partial charge is 0.370 e. The summed E-state index contributed by atoms with van der Waals surface area (Å²) in [5.74, 6) is 2.11. The molecule has 1 aliphatic rings. The number of nitrogens with two attached hydrogens (primary N) is 1. The normalized spacial score (nSPS) is 14.5. The van der Waals surface area contributed by atoms with Crippen molar-refractivity contribution < 1.29 is 4.52 Å². The van der Waals surface area contributed by atoms with Crippen LogP contribution < -0.4 is 11.1 Å². The maximum Gasteiger partial charge on any atom is 0.229 e. The number of rotatable bonds is 5. The minimum atomic E-state index is 0. The van der Waals surface area contributed by atoms with Gasteiger partial charge in [-0.15, -0.1) is 24.0 Å². The number of hydrogen-bond acceptors (Lipinski definition) is 4. The number of hydrogen-bond donors (Lipinski definition) is 2. The predicted octanol–water partition coefficient (Wildman–Crippen LogP) is 3.05. The molecule has 1 aromatic heterocycles. The van der Waals surface area contributed by atoms with E-state index in [0.717, 1.165) is 30.8 Å². The van der Waals surface area contributed by atoms with Gasteiger partial charge in [-0.2, -0.15) is 4.98 Å². The summed E-state index contributed by atoms with van der Waals surface area (Å²) >= 11 is 0. The number of anilines is 1. The van der Waals surface area contributed by atoms with E-state index in [1.807, 2.05) is 12.1 Å². The molecule has 118 valence electrons. The predicted molar refractivity (Wildman–Crippen MR) is 96.5 cm³/mol. The summed E-state index contributed by atoms with van der Waals surface area (Å²) < 4.78 is 5.18. The van der Waals surface area contributed by atoms with Crippen LogP contribution >= 0.6 is 24.0 Å². The van der Waals surface area contributed by atoms with Crippen LogP contribution in [0.25, 0.3) is 0 Å². The van der Waals surface area contributed by atoms with Crippen molar-refractivity contribution in [3.8, 4) is 0 Å². The van der Waals surface area contributed by atoms with Crippen molar-refractivity contribution in [2.75, 3.05) is 5.32 Å². The second-order valence-electron chi connectivity index (χ2n) is 5.20. The zero-order valence-corrected chi connectivity index (χ0v) is 14.8. The molecule has 0 aliphatic heterocycles. The van der Waals surface area contributed by atoms with E-state index in [9.17, 15) is 0 Å². The van der Waals surface area contributed by atoms with Crippen molar-refractivity contribution >= 4 is 35.6 Å². The Hall–Kier alpha value is -1.64. The van der Waals surface area contributed by atoms with Crippen molar-refractivity contribution in [1.82, 2.24) is 10.1 Å². The van der Waals surface area contributed by atoms with Crippen LogP contribution in [0.15, 0.2) is 33.8 Å². The molecule has 1 aromatic carbocycles. The first-order chi connectivity index (χ1) is 10.2. The summed E-state index contributed by atoms with van der Waals surface area (Å²) in [6.07, 6.45) is 3.27. The minimum Gasteiger partial charge on any atom is -0.370 e. The molecule has 7 heteroatoms. The summed E-state index contributed by atoms with van der Waals surface area (Å²) in [6.45, 7) is 2.44. The van der Waals surface area contributed by atoms with Crippen LogP contribution in [0, 0.1) is 0 Å². The fourth-order valence-corrected chi connectivity index (χ4v) is 2.04. The molecule has 0 amide bonds. The number of halogens is 1. The van der Waals surface area contributed by atoms with Crippen LogP contribution in [-0.2, 0) is 13.0 Å². The lowest BCUT2D eigenvalue weighted by atomic mass is 10.1. The van der Waals surface area contributed by atoms with Crippen molar-refractivity contribution in [2.45, 2.75) is 38.6 Å². The molecular weight excluding hydrogens is 393 g/mol. The van der Waals surface area contributed by atoms with Crippen LogP contribution in [-0.4, -0.2) is 16.1 Å². The lowest BCUT2D eigenvalue weighted by molar-refractivity contribution is 0.374. The first-order valence-corrected chi connectivity index (χ1v) is 7.23. The average Bonchev–Trinajstić information content (AvgIpc) is 3.24. The highest BCUT2D eigenvalue weighted by molar-refractivity contribution is 14.0. The highest BCUT2D eigenvalue weighted by Gasteiger charge is 2.29. The number of aromatic nitrogens is 2. The molecule has 1 aliphatic carbocycles. The van der Waals surface area contributed by atoms with E-state index in [-0.39, 0.29) is 24.0 Å². The van der Waals surface area contributed by atoms with Crippen LogP contribution in [0.4, 0.5) is 5.69 Å². The van der Waals surface area contributed by atoms with Crippen LogP contribution in [0.1, 0.15) is 43.0 Å². The average molecular weight is 413 g/mol. The van der Waals surface area contributed by atoms with E-state index < -0.39 is 0 Å². The fourth-order valence-electron chi connectivity index (χ4n) is 2.04. The van der Waals surface area contributed by atoms with Crippen LogP contribution in [0.5, 0.6) is 0 Å². The van der Waals surface area contributed by atoms with E-state index in [0.29, 0.717) is 24.2 Å². The summed E-state index contributed by atoms with van der Waals surface area (Å²) in [6, 6.07) is 8.09. The number of aliphatic imine (C=N–C) groups is 1. The van der Waals surface area contributed by atoms with E-state index in [1.54, 1.807) is 0 Å². The number of aryl methyl sites for hydroxylation is 1. The smallest absolute Gasteiger partial charge is 0.229 e. The van der Waals surface area contributed by atoms with E-state index in [2.05, 4.69) is 39.5 Å². The Morgan fingerprint density at radius 3 is 3.00 bits per heavy atom. The third-order valence-corrected chi connectivity index (χ3v) is 3.41. The molecule has 3 N–H and O–H groups in total. The Bertz CT molecular complexity index is 651. The van der Waals surface area contributed by atoms with Gasteiger partial charge in [-0.3, -0.25) is 0 Å². The Kier molecular flexibility index (Phi) is 5.76. The van der Waals surface area contributed by atoms with Crippen molar-refractivity contribution in [1.29, 1.82) is 0 Å². The molecule has 0 saturated heterocycles. The summed E-state index contributed by atoms with van der Waals surface area (Å²) in [5.41, 5.74) is 8.06. The minimum absolute atomic E-state index is 0. The monoisotopic (exact) mass is 413 g/mol. The third kappa shape index (κ3) is 4.43. The molecule has 0 radical (unpaired) electrons. The molecular formula is C15H20IN5O. The van der Waals surface area contributed by atoms with Crippen LogP contribution in [0.3, 0.4) is 0 Å². The Morgan fingerprint density at radius 2 is 2.27 bits per heavy atom. The Balaban J connectivity index is 0.00000176. The highest BCUT2D eigenvalue weighted by Crippen LogP contribution is 2.38. The van der Waals surface area contributed by atoms with Gasteiger partial charge >= 0.3 is 0 Å². The zero-order chi connectivity index (χ0) is 14.7. The SMILES string of the molecule is CCc1cccc(NC(N)=NCc2noc(C3CC3)n2)c1.I. The van der Waals surface area contributed by atoms with Gasteiger partial charge in [0.15, 0.2) is 11.8 Å². The highest BCUT2D eigenvalue weighted by atomic mass is 127. The van der Waals surface area contributed by atoms with E-state index in [4.69, 9.17) is 10.3 Å². The molecule has 0 unspecified atom stereocenters. The summed E-state index contributed by atoms with van der Waals surface area (Å²) in [5, 5.41) is 6.98. The van der Waals surface area contributed by atoms with Gasteiger partial charge in [-0.25, -0.2) is 4.99 Å². The molecule has 0 atom stereocenters. The molecule has 1 heterocycles. The Labute approximate surface area is 146 Å². The number of nitrogens with zero attached hydrogens (tertiary/aromatic N) is 3. The molecule has 1 saturated carbocycles. The first-order valence-electron chi connectivity index (χ1n) is 7.23. The van der Waals surface area contributed by atoms with Crippen molar-refractivity contribution in [3.05, 3.63) is 41.5 Å². The van der Waals surface area contributed by atoms with E-state index in [1.165, 1.54) is 5.56 Å². The second-order valence-corrected chi connectivity index (χ2v) is 5.20. The molecule has 0 spiro atoms. The third-order valence-electron chi connectivity index (χ3n) is 3.41. The lowest BCUT2D eigenvalue weighted by Gasteiger charge is -2.06. The van der Waals surface area contributed by atoms with Crippen molar-refractivity contribution in [3.63, 3.8) is 0 Å². The van der Waals surface area contributed by atoms with Gasteiger partial charge < -0.3 is 15.6 Å². The Morgan fingerprint density at radius 1 is 1.45 bits per heavy atom. The maximum absolute atomic E-state index is 5.88. The van der Waals surface area contributed by atoms with Crippen molar-refractivity contribution in [2.24, 2.45) is 10.7 Å². The molecule has 3 rings (SSSR count). The van der Waals surface area contributed by atoms with Gasteiger partial charge in [0.05, 0.1) is 0 Å². The number of nitrogens with one attached hydrogen (secondary N) is 1. The number of benzene rings is 1. The molecule has 2 aromatic rings. The fraction of sp³-hybridized carbons (Fsp3) is 0.400. The van der Waals surface area contributed by atoms with Gasteiger partial charge in [-0.1, -0.05) is 24.2 Å². The summed E-state index contributed by atoms with van der Waals surface area (Å²) in [4.78, 5) is 8.55. The van der Waals surface area contributed by atoms with Crippen LogP contribution in [0.2, 0.25) is 0 Å². The topological polar surface area (TPSA) is 89.3 Å².